The van der Waals surface area contributed by atoms with E-state index < -0.39 is 0 Å². The average Bonchev–Trinajstić information content (AvgIpc) is 2.15. The fourth-order valence-electron chi connectivity index (χ4n) is 2.79. The number of rotatable bonds is 2. The van der Waals surface area contributed by atoms with E-state index in [1.807, 2.05) is 0 Å². The fraction of sp³-hybridized carbons (Fsp3) is 0.600. The minimum Gasteiger partial charge on any atom is -0.382 e. The zero-order valence-corrected chi connectivity index (χ0v) is 10.7. The minimum atomic E-state index is 0.514. The lowest BCUT2D eigenvalue weighted by molar-refractivity contribution is 0.229. The zero-order valence-electron chi connectivity index (χ0n) is 10.7. The van der Waals surface area contributed by atoms with Crippen molar-refractivity contribution in [2.45, 2.75) is 52.5 Å². The molecule has 16 heavy (non-hydrogen) atoms. The molecule has 1 heteroatoms. The van der Waals surface area contributed by atoms with Crippen LogP contribution in [0.25, 0.3) is 0 Å². The van der Waals surface area contributed by atoms with E-state index in [0.717, 1.165) is 0 Å². The van der Waals surface area contributed by atoms with E-state index in [0.29, 0.717) is 11.5 Å². The second-order valence-corrected chi connectivity index (χ2v) is 5.97. The second-order valence-electron chi connectivity index (χ2n) is 5.97. The normalized spacial score (nSPS) is 24.1. The van der Waals surface area contributed by atoms with Gasteiger partial charge in [0.05, 0.1) is 0 Å². The molecule has 1 unspecified atom stereocenters. The second kappa shape index (κ2) is 4.48. The number of nitrogens with one attached hydrogen (secondary N) is 1. The largest absolute Gasteiger partial charge is 0.382 e. The third kappa shape index (κ3) is 3.01. The molecule has 0 aliphatic heterocycles. The molecule has 1 saturated carbocycles. The molecule has 0 saturated heterocycles. The van der Waals surface area contributed by atoms with Crippen LogP contribution in [0, 0.1) is 12.3 Å². The van der Waals surface area contributed by atoms with Crippen molar-refractivity contribution in [2.24, 2.45) is 5.41 Å². The predicted octanol–water partition coefficient (Wildman–Crippen LogP) is 4.38. The summed E-state index contributed by atoms with van der Waals surface area (Å²) in [7, 11) is 0. The molecule has 88 valence electrons. The summed E-state index contributed by atoms with van der Waals surface area (Å²) in [6.07, 6.45) is 5.34. The molecule has 0 amide bonds. The summed E-state index contributed by atoms with van der Waals surface area (Å²) in [5, 5.41) is 3.68. The van der Waals surface area contributed by atoms with Crippen LogP contribution < -0.4 is 5.32 Å². The first kappa shape index (κ1) is 11.5. The van der Waals surface area contributed by atoms with Gasteiger partial charge in [-0.05, 0) is 49.3 Å². The summed E-state index contributed by atoms with van der Waals surface area (Å²) in [5.41, 5.74) is 3.13. The van der Waals surface area contributed by atoms with Gasteiger partial charge in [-0.2, -0.15) is 0 Å². The van der Waals surface area contributed by atoms with Crippen molar-refractivity contribution < 1.29 is 0 Å². The maximum atomic E-state index is 3.68. The Morgan fingerprint density at radius 3 is 2.81 bits per heavy atom. The van der Waals surface area contributed by atoms with E-state index >= 15 is 0 Å². The molecular weight excluding hydrogens is 194 g/mol. The third-order valence-corrected chi connectivity index (χ3v) is 3.59. The topological polar surface area (TPSA) is 12.0 Å². The number of hydrogen-bond acceptors (Lipinski definition) is 1. The van der Waals surface area contributed by atoms with Gasteiger partial charge in [0, 0.05) is 11.7 Å². The van der Waals surface area contributed by atoms with Gasteiger partial charge in [-0.1, -0.05) is 32.4 Å². The van der Waals surface area contributed by atoms with Gasteiger partial charge >= 0.3 is 0 Å². The lowest BCUT2D eigenvalue weighted by atomic mass is 9.75. The lowest BCUT2D eigenvalue weighted by Crippen LogP contribution is -2.31. The Kier molecular flexibility index (Phi) is 3.22. The maximum absolute atomic E-state index is 3.68. The summed E-state index contributed by atoms with van der Waals surface area (Å²) in [5.74, 6) is 0. The van der Waals surface area contributed by atoms with Gasteiger partial charge in [-0.25, -0.2) is 0 Å². The molecule has 1 aliphatic rings. The van der Waals surface area contributed by atoms with Crippen LogP contribution in [0.3, 0.4) is 0 Å². The summed E-state index contributed by atoms with van der Waals surface area (Å²) < 4.78 is 0. The first-order valence-electron chi connectivity index (χ1n) is 6.38. The van der Waals surface area contributed by atoms with Crippen molar-refractivity contribution in [2.75, 3.05) is 5.32 Å². The number of aryl methyl sites for hydroxylation is 1. The highest BCUT2D eigenvalue weighted by atomic mass is 14.9. The number of anilines is 1. The molecule has 1 N–H and O–H groups in total. The highest BCUT2D eigenvalue weighted by Crippen LogP contribution is 2.36. The van der Waals surface area contributed by atoms with Crippen LogP contribution in [0.1, 0.15) is 45.1 Å². The zero-order chi connectivity index (χ0) is 11.6. The van der Waals surface area contributed by atoms with Gasteiger partial charge in [-0.15, -0.1) is 0 Å². The Morgan fingerprint density at radius 1 is 1.31 bits per heavy atom. The van der Waals surface area contributed by atoms with Crippen LogP contribution in [-0.4, -0.2) is 6.04 Å². The minimum absolute atomic E-state index is 0.514. The van der Waals surface area contributed by atoms with Crippen molar-refractivity contribution in [3.05, 3.63) is 29.8 Å². The number of benzene rings is 1. The molecule has 0 bridgehead atoms. The van der Waals surface area contributed by atoms with Crippen molar-refractivity contribution in [3.63, 3.8) is 0 Å². The van der Waals surface area contributed by atoms with Crippen molar-refractivity contribution >= 4 is 5.69 Å². The molecule has 1 atom stereocenters. The summed E-state index contributed by atoms with van der Waals surface area (Å²) >= 11 is 0. The van der Waals surface area contributed by atoms with Crippen molar-refractivity contribution in [1.29, 1.82) is 0 Å². The van der Waals surface area contributed by atoms with Crippen molar-refractivity contribution in [3.8, 4) is 0 Å². The van der Waals surface area contributed by atoms with E-state index in [1.165, 1.54) is 36.9 Å². The average molecular weight is 217 g/mol. The van der Waals surface area contributed by atoms with Crippen LogP contribution in [0.5, 0.6) is 0 Å². The molecule has 0 spiro atoms. The molecule has 0 aromatic heterocycles. The molecule has 2 rings (SSSR count). The summed E-state index contributed by atoms with van der Waals surface area (Å²) in [6.45, 7) is 6.92. The maximum Gasteiger partial charge on any atom is 0.0344 e. The fourth-order valence-corrected chi connectivity index (χ4v) is 2.79. The summed E-state index contributed by atoms with van der Waals surface area (Å²) in [4.78, 5) is 0. The Bertz CT molecular complexity index is 354. The van der Waals surface area contributed by atoms with Gasteiger partial charge in [0.15, 0.2) is 0 Å². The van der Waals surface area contributed by atoms with Gasteiger partial charge in [-0.3, -0.25) is 0 Å². The Hall–Kier alpha value is -0.980. The Morgan fingerprint density at radius 2 is 2.12 bits per heavy atom. The van der Waals surface area contributed by atoms with Crippen LogP contribution in [0.15, 0.2) is 24.3 Å². The molecule has 1 aromatic rings. The number of hydrogen-bond donors (Lipinski definition) is 1. The van der Waals surface area contributed by atoms with E-state index in [9.17, 15) is 0 Å². The first-order valence-corrected chi connectivity index (χ1v) is 6.38. The van der Waals surface area contributed by atoms with E-state index in [2.05, 4.69) is 50.4 Å². The van der Waals surface area contributed by atoms with Crippen molar-refractivity contribution in [1.82, 2.24) is 0 Å². The quantitative estimate of drug-likeness (QED) is 0.775. The van der Waals surface area contributed by atoms with Crippen LogP contribution >= 0.6 is 0 Å². The van der Waals surface area contributed by atoms with Gasteiger partial charge in [0.1, 0.15) is 0 Å². The third-order valence-electron chi connectivity index (χ3n) is 3.59. The molecule has 1 aliphatic carbocycles. The molecule has 0 heterocycles. The van der Waals surface area contributed by atoms with Gasteiger partial charge in [0.2, 0.25) is 0 Å². The molecule has 1 fully saturated rings. The van der Waals surface area contributed by atoms with E-state index in [-0.39, 0.29) is 0 Å². The Labute approximate surface area is 99.3 Å². The van der Waals surface area contributed by atoms with Gasteiger partial charge in [0.25, 0.3) is 0 Å². The van der Waals surface area contributed by atoms with E-state index in [4.69, 9.17) is 0 Å². The molecular formula is C15H23N. The van der Waals surface area contributed by atoms with E-state index in [1.54, 1.807) is 0 Å². The van der Waals surface area contributed by atoms with Crippen LogP contribution in [0.2, 0.25) is 0 Å². The van der Waals surface area contributed by atoms with Gasteiger partial charge < -0.3 is 5.32 Å². The first-order chi connectivity index (χ1) is 7.55. The molecule has 0 radical (unpaired) electrons. The summed E-state index contributed by atoms with van der Waals surface area (Å²) in [6, 6.07) is 9.35. The molecule has 1 aromatic carbocycles. The van der Waals surface area contributed by atoms with Crippen LogP contribution in [0.4, 0.5) is 5.69 Å². The lowest BCUT2D eigenvalue weighted by Gasteiger charge is -2.36. The monoisotopic (exact) mass is 217 g/mol. The Balaban J connectivity index is 1.99. The smallest absolute Gasteiger partial charge is 0.0344 e. The standard InChI is InChI=1S/C15H23N/c1-12-6-4-7-13(10-12)16-14-8-5-9-15(2,3)11-14/h4,6-7,10,14,16H,5,8-9,11H2,1-3H3. The highest BCUT2D eigenvalue weighted by molar-refractivity contribution is 5.46. The highest BCUT2D eigenvalue weighted by Gasteiger charge is 2.27. The predicted molar refractivity (Wildman–Crippen MR) is 70.8 cm³/mol. The van der Waals surface area contributed by atoms with Crippen LogP contribution in [-0.2, 0) is 0 Å². The molecule has 1 nitrogen and oxygen atoms in total. The SMILES string of the molecule is Cc1cccc(NC2CCCC(C)(C)C2)c1.